The van der Waals surface area contributed by atoms with E-state index in [0.717, 1.165) is 24.2 Å². The Morgan fingerprint density at radius 3 is 2.53 bits per heavy atom. The van der Waals surface area contributed by atoms with Crippen LogP contribution >= 0.6 is 11.6 Å². The Hall–Kier alpha value is -0.730. The Morgan fingerprint density at radius 1 is 1.29 bits per heavy atom. The largest absolute Gasteiger partial charge is 0.492 e. The number of hydrogen-bond acceptors (Lipinski definition) is 2. The summed E-state index contributed by atoms with van der Waals surface area (Å²) >= 11 is 6.16. The molecular weight excluding hydrogens is 234 g/mol. The highest BCUT2D eigenvalue weighted by molar-refractivity contribution is 6.32. The molecule has 0 spiro atoms. The molecule has 1 aromatic carbocycles. The van der Waals surface area contributed by atoms with E-state index in [2.05, 4.69) is 13.8 Å². The average molecular weight is 256 g/mol. The van der Waals surface area contributed by atoms with Crippen LogP contribution < -0.4 is 10.5 Å². The zero-order valence-electron chi connectivity index (χ0n) is 10.9. The van der Waals surface area contributed by atoms with Gasteiger partial charge in [-0.2, -0.15) is 0 Å². The van der Waals surface area contributed by atoms with E-state index < -0.39 is 0 Å². The van der Waals surface area contributed by atoms with E-state index in [9.17, 15) is 0 Å². The first-order chi connectivity index (χ1) is 7.99. The minimum atomic E-state index is 0.152. The highest BCUT2D eigenvalue weighted by Crippen LogP contribution is 2.26. The Morgan fingerprint density at radius 2 is 2.00 bits per heavy atom. The minimum absolute atomic E-state index is 0.152. The van der Waals surface area contributed by atoms with Crippen LogP contribution in [0.2, 0.25) is 5.02 Å². The van der Waals surface area contributed by atoms with E-state index in [1.165, 1.54) is 0 Å². The summed E-state index contributed by atoms with van der Waals surface area (Å²) < 4.78 is 5.64. The van der Waals surface area contributed by atoms with Crippen molar-refractivity contribution in [3.63, 3.8) is 0 Å². The molecule has 0 bridgehead atoms. The number of ether oxygens (including phenoxy) is 1. The fourth-order valence-corrected chi connectivity index (χ4v) is 1.82. The Kier molecular flexibility index (Phi) is 5.79. The van der Waals surface area contributed by atoms with Crippen LogP contribution in [0.15, 0.2) is 18.2 Å². The van der Waals surface area contributed by atoms with Crippen molar-refractivity contribution in [2.75, 3.05) is 6.61 Å². The lowest BCUT2D eigenvalue weighted by Crippen LogP contribution is -2.17. The van der Waals surface area contributed by atoms with Crippen LogP contribution in [0.4, 0.5) is 0 Å². The number of rotatable bonds is 6. The van der Waals surface area contributed by atoms with Gasteiger partial charge in [-0.05, 0) is 43.4 Å². The Labute approximate surface area is 109 Å². The highest BCUT2D eigenvalue weighted by atomic mass is 35.5. The van der Waals surface area contributed by atoms with Crippen molar-refractivity contribution < 1.29 is 4.74 Å². The Balaban J connectivity index is 2.57. The summed E-state index contributed by atoms with van der Waals surface area (Å²) in [7, 11) is 0. The Bertz CT molecular complexity index is 350. The lowest BCUT2D eigenvalue weighted by molar-refractivity contribution is 0.289. The predicted octanol–water partition coefficient (Wildman–Crippen LogP) is 3.65. The van der Waals surface area contributed by atoms with Crippen molar-refractivity contribution >= 4 is 11.6 Å². The van der Waals surface area contributed by atoms with Gasteiger partial charge in [0.2, 0.25) is 0 Å². The van der Waals surface area contributed by atoms with Gasteiger partial charge >= 0.3 is 0 Å². The molecule has 17 heavy (non-hydrogen) atoms. The SMILES string of the molecule is CC(C)CCOc1ccc(CC(C)N)cc1Cl. The minimum Gasteiger partial charge on any atom is -0.492 e. The van der Waals surface area contributed by atoms with Gasteiger partial charge in [-0.25, -0.2) is 0 Å². The van der Waals surface area contributed by atoms with Crippen LogP contribution in [0.3, 0.4) is 0 Å². The molecule has 1 aromatic rings. The molecule has 1 atom stereocenters. The van der Waals surface area contributed by atoms with Gasteiger partial charge in [0.05, 0.1) is 11.6 Å². The molecule has 0 radical (unpaired) electrons. The van der Waals surface area contributed by atoms with Gasteiger partial charge in [-0.1, -0.05) is 31.5 Å². The predicted molar refractivity (Wildman–Crippen MR) is 73.8 cm³/mol. The fraction of sp³-hybridized carbons (Fsp3) is 0.571. The van der Waals surface area contributed by atoms with E-state index in [1.54, 1.807) is 0 Å². The summed E-state index contributed by atoms with van der Waals surface area (Å²) in [6, 6.07) is 6.05. The summed E-state index contributed by atoms with van der Waals surface area (Å²) in [5.74, 6) is 1.41. The maximum atomic E-state index is 6.16. The number of benzene rings is 1. The monoisotopic (exact) mass is 255 g/mol. The molecule has 2 nitrogen and oxygen atoms in total. The second-order valence-corrected chi connectivity index (χ2v) is 5.38. The molecule has 0 amide bonds. The van der Waals surface area contributed by atoms with E-state index in [-0.39, 0.29) is 6.04 Å². The van der Waals surface area contributed by atoms with Gasteiger partial charge in [0.1, 0.15) is 5.75 Å². The van der Waals surface area contributed by atoms with Gasteiger partial charge < -0.3 is 10.5 Å². The zero-order valence-corrected chi connectivity index (χ0v) is 11.6. The molecule has 2 N–H and O–H groups in total. The second kappa shape index (κ2) is 6.87. The maximum Gasteiger partial charge on any atom is 0.137 e. The molecule has 3 heteroatoms. The molecule has 0 saturated heterocycles. The van der Waals surface area contributed by atoms with Crippen molar-refractivity contribution in [1.82, 2.24) is 0 Å². The van der Waals surface area contributed by atoms with Crippen LogP contribution in [-0.4, -0.2) is 12.6 Å². The van der Waals surface area contributed by atoms with Crippen LogP contribution in [-0.2, 0) is 6.42 Å². The van der Waals surface area contributed by atoms with Crippen molar-refractivity contribution in [2.24, 2.45) is 11.7 Å². The topological polar surface area (TPSA) is 35.2 Å². The second-order valence-electron chi connectivity index (χ2n) is 4.98. The van der Waals surface area contributed by atoms with E-state index in [0.29, 0.717) is 17.5 Å². The number of hydrogen-bond donors (Lipinski definition) is 1. The van der Waals surface area contributed by atoms with Gasteiger partial charge in [0, 0.05) is 6.04 Å². The molecule has 0 aliphatic carbocycles. The highest BCUT2D eigenvalue weighted by Gasteiger charge is 2.05. The molecule has 1 rings (SSSR count). The summed E-state index contributed by atoms with van der Waals surface area (Å²) in [6.07, 6.45) is 1.88. The molecular formula is C14H22ClNO. The third-order valence-electron chi connectivity index (χ3n) is 2.51. The van der Waals surface area contributed by atoms with E-state index in [1.807, 2.05) is 25.1 Å². The molecule has 0 heterocycles. The first-order valence-corrected chi connectivity index (χ1v) is 6.53. The fourth-order valence-electron chi connectivity index (χ4n) is 1.56. The van der Waals surface area contributed by atoms with Crippen molar-refractivity contribution in [3.05, 3.63) is 28.8 Å². The maximum absolute atomic E-state index is 6.16. The van der Waals surface area contributed by atoms with Gasteiger partial charge in [-0.15, -0.1) is 0 Å². The summed E-state index contributed by atoms with van der Waals surface area (Å²) in [6.45, 7) is 7.05. The normalized spacial score (nSPS) is 12.8. The smallest absolute Gasteiger partial charge is 0.137 e. The molecule has 0 aliphatic rings. The molecule has 1 unspecified atom stereocenters. The number of nitrogens with two attached hydrogens (primary N) is 1. The van der Waals surface area contributed by atoms with Gasteiger partial charge in [0.15, 0.2) is 0 Å². The van der Waals surface area contributed by atoms with Crippen LogP contribution in [0, 0.1) is 5.92 Å². The quantitative estimate of drug-likeness (QED) is 0.842. The van der Waals surface area contributed by atoms with Crippen LogP contribution in [0.1, 0.15) is 32.8 Å². The summed E-state index contributed by atoms with van der Waals surface area (Å²) in [4.78, 5) is 0. The first-order valence-electron chi connectivity index (χ1n) is 6.16. The summed E-state index contributed by atoms with van der Waals surface area (Å²) in [5, 5.41) is 0.673. The average Bonchev–Trinajstić information content (AvgIpc) is 2.20. The lowest BCUT2D eigenvalue weighted by atomic mass is 10.1. The van der Waals surface area contributed by atoms with Crippen molar-refractivity contribution in [2.45, 2.75) is 39.7 Å². The first kappa shape index (κ1) is 14.3. The third kappa shape index (κ3) is 5.42. The van der Waals surface area contributed by atoms with Gasteiger partial charge in [-0.3, -0.25) is 0 Å². The molecule has 0 aromatic heterocycles. The molecule has 0 saturated carbocycles. The van der Waals surface area contributed by atoms with Gasteiger partial charge in [0.25, 0.3) is 0 Å². The summed E-state index contributed by atoms with van der Waals surface area (Å²) in [5.41, 5.74) is 6.91. The molecule has 0 fully saturated rings. The lowest BCUT2D eigenvalue weighted by Gasteiger charge is -2.11. The van der Waals surface area contributed by atoms with E-state index >= 15 is 0 Å². The molecule has 0 aliphatic heterocycles. The molecule has 96 valence electrons. The zero-order chi connectivity index (χ0) is 12.8. The third-order valence-corrected chi connectivity index (χ3v) is 2.80. The van der Waals surface area contributed by atoms with Crippen LogP contribution in [0.25, 0.3) is 0 Å². The van der Waals surface area contributed by atoms with E-state index in [4.69, 9.17) is 22.1 Å². The number of halogens is 1. The standard InChI is InChI=1S/C14H22ClNO/c1-10(2)6-7-17-14-5-4-12(8-11(3)16)9-13(14)15/h4-5,9-11H,6-8,16H2,1-3H3. The van der Waals surface area contributed by atoms with Crippen molar-refractivity contribution in [1.29, 1.82) is 0 Å². The van der Waals surface area contributed by atoms with Crippen molar-refractivity contribution in [3.8, 4) is 5.75 Å². The van der Waals surface area contributed by atoms with Crippen LogP contribution in [0.5, 0.6) is 5.75 Å².